The van der Waals surface area contributed by atoms with Gasteiger partial charge in [0.1, 0.15) is 12.4 Å². The molecule has 2 N–H and O–H groups in total. The van der Waals surface area contributed by atoms with Crippen molar-refractivity contribution in [2.75, 3.05) is 11.9 Å². The molecule has 0 saturated heterocycles. The highest BCUT2D eigenvalue weighted by molar-refractivity contribution is 7.89. The molecule has 12 heteroatoms. The van der Waals surface area contributed by atoms with Crippen LogP contribution in [0.25, 0.3) is 5.69 Å². The maximum Gasteiger partial charge on any atom is 0.402 e. The van der Waals surface area contributed by atoms with Gasteiger partial charge in [-0.1, -0.05) is 0 Å². The number of hydrogen-bond donors (Lipinski definition) is 2. The van der Waals surface area contributed by atoms with Gasteiger partial charge in [-0.05, 0) is 55.5 Å². The van der Waals surface area contributed by atoms with Gasteiger partial charge in [-0.3, -0.25) is 4.79 Å². The van der Waals surface area contributed by atoms with Gasteiger partial charge >= 0.3 is 6.18 Å². The fraction of sp³-hybridized carbons (Fsp3) is 0.158. The zero-order valence-electron chi connectivity index (χ0n) is 15.9. The fourth-order valence-electron chi connectivity index (χ4n) is 2.65. The predicted molar refractivity (Wildman–Crippen MR) is 104 cm³/mol. The van der Waals surface area contributed by atoms with Gasteiger partial charge in [0.05, 0.1) is 28.0 Å². The lowest BCUT2D eigenvalue weighted by Gasteiger charge is -2.10. The van der Waals surface area contributed by atoms with Gasteiger partial charge in [-0.2, -0.15) is 18.3 Å². The number of alkyl halides is 3. The molecule has 3 rings (SSSR count). The number of rotatable bonds is 6. The summed E-state index contributed by atoms with van der Waals surface area (Å²) in [6, 6.07) is 10.2. The van der Waals surface area contributed by atoms with E-state index in [1.807, 2.05) is 0 Å². The van der Waals surface area contributed by atoms with Crippen LogP contribution in [0.4, 0.5) is 23.2 Å². The van der Waals surface area contributed by atoms with Crippen molar-refractivity contribution in [3.05, 3.63) is 71.8 Å². The summed E-state index contributed by atoms with van der Waals surface area (Å²) in [7, 11) is -4.35. The number of nitrogens with zero attached hydrogens (tertiary/aromatic N) is 2. The van der Waals surface area contributed by atoms with Crippen LogP contribution in [0.3, 0.4) is 0 Å². The number of halogens is 4. The molecule has 7 nitrogen and oxygen atoms in total. The molecule has 3 aromatic rings. The molecular weight excluding hydrogens is 440 g/mol. The Balaban J connectivity index is 1.72. The van der Waals surface area contributed by atoms with Crippen LogP contribution in [0.2, 0.25) is 0 Å². The standard InChI is InChI=1S/C19H16F4N4O3S/c1-12-17(10-24-27(12)15-6-2-13(20)3-7-15)18(28)26-14-4-8-16(9-5-14)31(29,30)25-11-19(21,22)23/h2-10,25H,11H2,1H3,(H,26,28). The Morgan fingerprint density at radius 1 is 1.06 bits per heavy atom. The zero-order chi connectivity index (χ0) is 22.8. The number of carbonyl (C=O) groups excluding carboxylic acids is 1. The second kappa shape index (κ2) is 8.47. The van der Waals surface area contributed by atoms with Gasteiger partial charge in [0.15, 0.2) is 0 Å². The Kier molecular flexibility index (Phi) is 6.13. The quantitative estimate of drug-likeness (QED) is 0.556. The lowest BCUT2D eigenvalue weighted by molar-refractivity contribution is -0.121. The van der Waals surface area contributed by atoms with Gasteiger partial charge in [-0.15, -0.1) is 0 Å². The van der Waals surface area contributed by atoms with Gasteiger partial charge in [0.25, 0.3) is 5.91 Å². The normalized spacial score (nSPS) is 12.0. The lowest BCUT2D eigenvalue weighted by atomic mass is 10.2. The Bertz CT molecular complexity index is 1190. The minimum Gasteiger partial charge on any atom is -0.322 e. The van der Waals surface area contributed by atoms with Crippen molar-refractivity contribution in [2.45, 2.75) is 18.0 Å². The Hall–Kier alpha value is -3.25. The van der Waals surface area contributed by atoms with E-state index in [4.69, 9.17) is 0 Å². The topological polar surface area (TPSA) is 93.1 Å². The van der Waals surface area contributed by atoms with Crippen molar-refractivity contribution in [3.8, 4) is 5.69 Å². The second-order valence-electron chi connectivity index (χ2n) is 6.45. The molecule has 0 aliphatic heterocycles. The molecule has 0 atom stereocenters. The van der Waals surface area contributed by atoms with E-state index < -0.39 is 34.5 Å². The molecule has 1 aromatic heterocycles. The SMILES string of the molecule is Cc1c(C(=O)Nc2ccc(S(=O)(=O)NCC(F)(F)F)cc2)cnn1-c1ccc(F)cc1. The summed E-state index contributed by atoms with van der Waals surface area (Å²) in [6.07, 6.45) is -3.36. The molecule has 0 aliphatic rings. The molecule has 0 radical (unpaired) electrons. The second-order valence-corrected chi connectivity index (χ2v) is 8.22. The Morgan fingerprint density at radius 2 is 1.68 bits per heavy atom. The summed E-state index contributed by atoms with van der Waals surface area (Å²) >= 11 is 0. The molecule has 2 aromatic carbocycles. The first-order valence-electron chi connectivity index (χ1n) is 8.75. The number of hydrogen-bond acceptors (Lipinski definition) is 4. The average molecular weight is 456 g/mol. The van der Waals surface area contributed by atoms with E-state index in [0.29, 0.717) is 11.4 Å². The van der Waals surface area contributed by atoms with Crippen LogP contribution >= 0.6 is 0 Å². The van der Waals surface area contributed by atoms with Crippen LogP contribution in [0, 0.1) is 12.7 Å². The van der Waals surface area contributed by atoms with Crippen molar-refractivity contribution < 1.29 is 30.8 Å². The van der Waals surface area contributed by atoms with E-state index in [9.17, 15) is 30.8 Å². The predicted octanol–water partition coefficient (Wildman–Crippen LogP) is 3.41. The number of benzene rings is 2. The smallest absolute Gasteiger partial charge is 0.322 e. The maximum atomic E-state index is 13.1. The molecule has 1 heterocycles. The van der Waals surface area contributed by atoms with Crippen molar-refractivity contribution in [2.24, 2.45) is 0 Å². The summed E-state index contributed by atoms with van der Waals surface area (Å²) < 4.78 is 76.5. The van der Waals surface area contributed by atoms with Gasteiger partial charge in [0, 0.05) is 5.69 Å². The fourth-order valence-corrected chi connectivity index (χ4v) is 3.67. The molecule has 0 spiro atoms. The first-order valence-corrected chi connectivity index (χ1v) is 10.2. The highest BCUT2D eigenvalue weighted by Crippen LogP contribution is 2.19. The first kappa shape index (κ1) is 22.4. The summed E-state index contributed by atoms with van der Waals surface area (Å²) in [5, 5.41) is 6.68. The number of sulfonamides is 1. The third-order valence-corrected chi connectivity index (χ3v) is 5.63. The van der Waals surface area contributed by atoms with Crippen molar-refractivity contribution in [1.82, 2.24) is 14.5 Å². The molecule has 0 aliphatic carbocycles. The van der Waals surface area contributed by atoms with Crippen LogP contribution in [0.5, 0.6) is 0 Å². The van der Waals surface area contributed by atoms with E-state index in [0.717, 1.165) is 12.1 Å². The van der Waals surface area contributed by atoms with Crippen LogP contribution in [0.1, 0.15) is 16.1 Å². The molecule has 31 heavy (non-hydrogen) atoms. The Labute approximate surface area is 174 Å². The van der Waals surface area contributed by atoms with Crippen molar-refractivity contribution >= 4 is 21.6 Å². The Morgan fingerprint density at radius 3 is 2.26 bits per heavy atom. The summed E-state index contributed by atoms with van der Waals surface area (Å²) in [6.45, 7) is -0.0432. The minimum absolute atomic E-state index is 0.230. The van der Waals surface area contributed by atoms with Gasteiger partial charge in [-0.25, -0.2) is 22.2 Å². The molecule has 0 bridgehead atoms. The lowest BCUT2D eigenvalue weighted by Crippen LogP contribution is -2.33. The third kappa shape index (κ3) is 5.47. The molecule has 0 fully saturated rings. The van der Waals surface area contributed by atoms with E-state index >= 15 is 0 Å². The average Bonchev–Trinajstić information content (AvgIpc) is 3.08. The van der Waals surface area contributed by atoms with Crippen molar-refractivity contribution in [1.29, 1.82) is 0 Å². The highest BCUT2D eigenvalue weighted by Gasteiger charge is 2.30. The minimum atomic E-state index is -4.68. The molecule has 0 unspecified atom stereocenters. The largest absolute Gasteiger partial charge is 0.402 e. The molecule has 0 saturated carbocycles. The van der Waals surface area contributed by atoms with E-state index in [1.54, 1.807) is 6.92 Å². The third-order valence-electron chi connectivity index (χ3n) is 4.21. The monoisotopic (exact) mass is 456 g/mol. The molecule has 1 amide bonds. The van der Waals surface area contributed by atoms with E-state index in [1.165, 1.54) is 52.0 Å². The molecule has 164 valence electrons. The number of carbonyl (C=O) groups is 1. The van der Waals surface area contributed by atoms with Crippen LogP contribution in [0.15, 0.2) is 59.6 Å². The first-order chi connectivity index (χ1) is 14.5. The summed E-state index contributed by atoms with van der Waals surface area (Å²) in [4.78, 5) is 12.2. The van der Waals surface area contributed by atoms with E-state index in [-0.39, 0.29) is 16.1 Å². The van der Waals surface area contributed by atoms with Gasteiger partial charge < -0.3 is 5.32 Å². The van der Waals surface area contributed by atoms with E-state index in [2.05, 4.69) is 10.4 Å². The summed E-state index contributed by atoms with van der Waals surface area (Å²) in [5.41, 5.74) is 1.50. The highest BCUT2D eigenvalue weighted by atomic mass is 32.2. The summed E-state index contributed by atoms with van der Waals surface area (Å²) in [5.74, 6) is -0.942. The van der Waals surface area contributed by atoms with Gasteiger partial charge in [0.2, 0.25) is 10.0 Å². The van der Waals surface area contributed by atoms with Crippen LogP contribution < -0.4 is 10.0 Å². The number of anilines is 1. The zero-order valence-corrected chi connectivity index (χ0v) is 16.8. The van der Waals surface area contributed by atoms with Crippen LogP contribution in [-0.2, 0) is 10.0 Å². The number of amides is 1. The maximum absolute atomic E-state index is 13.1. The van der Waals surface area contributed by atoms with Crippen molar-refractivity contribution in [3.63, 3.8) is 0 Å². The number of aromatic nitrogens is 2. The molecular formula is C19H16F4N4O3S. The van der Waals surface area contributed by atoms with Crippen LogP contribution in [-0.4, -0.2) is 36.8 Å². The number of nitrogens with one attached hydrogen (secondary N) is 2.